The van der Waals surface area contributed by atoms with Gasteiger partial charge >= 0.3 is 0 Å². The molecule has 0 spiro atoms. The second-order valence-electron chi connectivity index (χ2n) is 5.90. The number of phenolic OH excluding ortho intramolecular Hbond substituents is 1. The number of phenols is 1. The molecule has 0 saturated heterocycles. The Morgan fingerprint density at radius 1 is 1.23 bits per heavy atom. The van der Waals surface area contributed by atoms with Crippen molar-refractivity contribution in [3.63, 3.8) is 0 Å². The number of nitrogens with zero attached hydrogens (tertiary/aromatic N) is 1. The number of fused-ring (bicyclic) bond motifs is 2. The summed E-state index contributed by atoms with van der Waals surface area (Å²) in [6.45, 7) is 0. The normalized spacial score (nSPS) is 24.3. The van der Waals surface area contributed by atoms with E-state index in [0.717, 1.165) is 29.3 Å². The van der Waals surface area contributed by atoms with E-state index in [1.807, 2.05) is 24.3 Å². The molecular formula is C18H16N2O2. The SMILES string of the molecule is O=C(N/N=C1\C[C@@H]2C=CC[C@@H]12)c1cc2ccccc2cc1O. The average Bonchev–Trinajstić information content (AvgIpc) is 2.88. The van der Waals surface area contributed by atoms with Crippen molar-refractivity contribution in [1.29, 1.82) is 0 Å². The van der Waals surface area contributed by atoms with Gasteiger partial charge in [-0.05, 0) is 41.7 Å². The fourth-order valence-corrected chi connectivity index (χ4v) is 3.26. The highest BCUT2D eigenvalue weighted by Crippen LogP contribution is 2.40. The lowest BCUT2D eigenvalue weighted by atomic mass is 9.74. The van der Waals surface area contributed by atoms with E-state index in [1.165, 1.54) is 0 Å². The highest BCUT2D eigenvalue weighted by atomic mass is 16.3. The zero-order valence-corrected chi connectivity index (χ0v) is 12.0. The molecule has 110 valence electrons. The first-order valence-corrected chi connectivity index (χ1v) is 7.47. The molecule has 1 fully saturated rings. The van der Waals surface area contributed by atoms with Crippen molar-refractivity contribution in [3.8, 4) is 5.75 Å². The quantitative estimate of drug-likeness (QED) is 0.659. The minimum Gasteiger partial charge on any atom is -0.507 e. The van der Waals surface area contributed by atoms with Gasteiger partial charge in [-0.15, -0.1) is 0 Å². The van der Waals surface area contributed by atoms with Crippen LogP contribution in [0.4, 0.5) is 0 Å². The van der Waals surface area contributed by atoms with Crippen LogP contribution in [-0.2, 0) is 0 Å². The standard InChI is InChI=1S/C18H16N2O2/c21-17-10-12-5-2-1-4-11(12)8-15(17)18(22)20-19-16-9-13-6-3-7-14(13)16/h1-6,8,10,13-14,21H,7,9H2,(H,20,22)/b19-16+/t13-,14+/m0/s1. The number of rotatable bonds is 2. The van der Waals surface area contributed by atoms with Gasteiger partial charge in [-0.1, -0.05) is 36.4 Å². The fourth-order valence-electron chi connectivity index (χ4n) is 3.26. The van der Waals surface area contributed by atoms with E-state index in [9.17, 15) is 9.90 Å². The van der Waals surface area contributed by atoms with Crippen LogP contribution in [0.5, 0.6) is 5.75 Å². The molecule has 4 rings (SSSR count). The molecule has 1 saturated carbocycles. The van der Waals surface area contributed by atoms with Gasteiger partial charge in [0.25, 0.3) is 5.91 Å². The largest absolute Gasteiger partial charge is 0.507 e. The topological polar surface area (TPSA) is 61.7 Å². The van der Waals surface area contributed by atoms with Crippen LogP contribution in [0.15, 0.2) is 53.7 Å². The Balaban J connectivity index is 1.55. The molecule has 4 heteroatoms. The Labute approximate surface area is 128 Å². The van der Waals surface area contributed by atoms with Crippen LogP contribution in [0.2, 0.25) is 0 Å². The Hall–Kier alpha value is -2.62. The molecule has 0 unspecified atom stereocenters. The number of carbonyl (C=O) groups excluding carboxylic acids is 1. The van der Waals surface area contributed by atoms with Crippen LogP contribution in [0.25, 0.3) is 10.8 Å². The summed E-state index contributed by atoms with van der Waals surface area (Å²) in [4.78, 5) is 12.3. The summed E-state index contributed by atoms with van der Waals surface area (Å²) < 4.78 is 0. The molecule has 2 aromatic carbocycles. The average molecular weight is 292 g/mol. The summed E-state index contributed by atoms with van der Waals surface area (Å²) >= 11 is 0. The van der Waals surface area contributed by atoms with E-state index in [2.05, 4.69) is 22.7 Å². The fraction of sp³-hybridized carbons (Fsp3) is 0.222. The van der Waals surface area contributed by atoms with Gasteiger partial charge in [-0.3, -0.25) is 4.79 Å². The van der Waals surface area contributed by atoms with Gasteiger partial charge in [0.05, 0.1) is 5.56 Å². The molecule has 2 aliphatic carbocycles. The van der Waals surface area contributed by atoms with Crippen LogP contribution in [-0.4, -0.2) is 16.7 Å². The minimum atomic E-state index is -0.370. The highest BCUT2D eigenvalue weighted by molar-refractivity contribution is 6.02. The number of benzene rings is 2. The van der Waals surface area contributed by atoms with Crippen molar-refractivity contribution in [1.82, 2.24) is 5.43 Å². The number of hydrazone groups is 1. The first-order chi connectivity index (χ1) is 10.7. The van der Waals surface area contributed by atoms with Crippen molar-refractivity contribution >= 4 is 22.4 Å². The number of hydrogen-bond acceptors (Lipinski definition) is 3. The maximum atomic E-state index is 12.3. The maximum Gasteiger partial charge on any atom is 0.275 e. The van der Waals surface area contributed by atoms with Crippen LogP contribution in [0, 0.1) is 11.8 Å². The summed E-state index contributed by atoms with van der Waals surface area (Å²) in [6, 6.07) is 10.9. The van der Waals surface area contributed by atoms with Crippen molar-refractivity contribution in [3.05, 3.63) is 54.1 Å². The molecule has 4 nitrogen and oxygen atoms in total. The number of allylic oxidation sites excluding steroid dienone is 2. The highest BCUT2D eigenvalue weighted by Gasteiger charge is 2.38. The zero-order valence-electron chi connectivity index (χ0n) is 12.0. The van der Waals surface area contributed by atoms with Crippen LogP contribution >= 0.6 is 0 Å². The van der Waals surface area contributed by atoms with Gasteiger partial charge in [-0.25, -0.2) is 5.43 Å². The third-order valence-electron chi connectivity index (χ3n) is 4.57. The van der Waals surface area contributed by atoms with E-state index < -0.39 is 0 Å². The number of amides is 1. The molecular weight excluding hydrogens is 276 g/mol. The Kier molecular flexibility index (Phi) is 2.96. The molecule has 0 radical (unpaired) electrons. The van der Waals surface area contributed by atoms with E-state index in [1.54, 1.807) is 12.1 Å². The van der Waals surface area contributed by atoms with Gasteiger partial charge in [0, 0.05) is 11.6 Å². The number of hydrogen-bond donors (Lipinski definition) is 2. The van der Waals surface area contributed by atoms with Crippen molar-refractivity contribution in [2.75, 3.05) is 0 Å². The Bertz CT molecular complexity index is 823. The lowest BCUT2D eigenvalue weighted by Crippen LogP contribution is -2.35. The predicted molar refractivity (Wildman–Crippen MR) is 85.9 cm³/mol. The molecule has 2 N–H and O–H groups in total. The first-order valence-electron chi connectivity index (χ1n) is 7.47. The Morgan fingerprint density at radius 3 is 2.77 bits per heavy atom. The molecule has 22 heavy (non-hydrogen) atoms. The molecule has 2 aromatic rings. The van der Waals surface area contributed by atoms with Gasteiger partial charge in [0.2, 0.25) is 0 Å². The molecule has 0 bridgehead atoms. The van der Waals surface area contributed by atoms with Gasteiger partial charge < -0.3 is 5.11 Å². The molecule has 0 aliphatic heterocycles. The minimum absolute atomic E-state index is 0.0228. The van der Waals surface area contributed by atoms with Crippen LogP contribution in [0.1, 0.15) is 23.2 Å². The van der Waals surface area contributed by atoms with Gasteiger partial charge in [0.1, 0.15) is 5.75 Å². The molecule has 0 heterocycles. The third-order valence-corrected chi connectivity index (χ3v) is 4.57. The number of carbonyl (C=O) groups is 1. The summed E-state index contributed by atoms with van der Waals surface area (Å²) in [5.74, 6) is 0.672. The summed E-state index contributed by atoms with van der Waals surface area (Å²) in [7, 11) is 0. The smallest absolute Gasteiger partial charge is 0.275 e. The van der Waals surface area contributed by atoms with E-state index in [0.29, 0.717) is 11.8 Å². The third kappa shape index (κ3) is 2.08. The van der Waals surface area contributed by atoms with Gasteiger partial charge in [-0.2, -0.15) is 5.10 Å². The number of aromatic hydroxyl groups is 1. The maximum absolute atomic E-state index is 12.3. The monoisotopic (exact) mass is 292 g/mol. The van der Waals surface area contributed by atoms with Crippen molar-refractivity contribution in [2.24, 2.45) is 16.9 Å². The molecule has 1 amide bonds. The second kappa shape index (κ2) is 4.98. The van der Waals surface area contributed by atoms with E-state index >= 15 is 0 Å². The van der Waals surface area contributed by atoms with Crippen molar-refractivity contribution in [2.45, 2.75) is 12.8 Å². The summed E-state index contributed by atoms with van der Waals surface area (Å²) in [6.07, 6.45) is 6.33. The lowest BCUT2D eigenvalue weighted by Gasteiger charge is -2.31. The Morgan fingerprint density at radius 2 is 2.00 bits per heavy atom. The lowest BCUT2D eigenvalue weighted by molar-refractivity contribution is 0.0951. The van der Waals surface area contributed by atoms with Crippen LogP contribution in [0.3, 0.4) is 0 Å². The number of nitrogens with one attached hydrogen (secondary N) is 1. The zero-order chi connectivity index (χ0) is 15.1. The second-order valence-corrected chi connectivity index (χ2v) is 5.90. The predicted octanol–water partition coefficient (Wildman–Crippen LogP) is 3.23. The first kappa shape index (κ1) is 13.1. The molecule has 2 atom stereocenters. The van der Waals surface area contributed by atoms with E-state index in [-0.39, 0.29) is 17.2 Å². The van der Waals surface area contributed by atoms with E-state index in [4.69, 9.17) is 0 Å². The van der Waals surface area contributed by atoms with Crippen molar-refractivity contribution < 1.29 is 9.90 Å². The molecule has 2 aliphatic rings. The summed E-state index contributed by atoms with van der Waals surface area (Å²) in [5.41, 5.74) is 3.88. The summed E-state index contributed by atoms with van der Waals surface area (Å²) in [5, 5.41) is 16.1. The van der Waals surface area contributed by atoms with Crippen LogP contribution < -0.4 is 5.43 Å². The van der Waals surface area contributed by atoms with Gasteiger partial charge in [0.15, 0.2) is 0 Å². The molecule has 0 aromatic heterocycles.